The number of nitrogens with one attached hydrogen (secondary N) is 2. The highest BCUT2D eigenvalue weighted by molar-refractivity contribution is 5.93. The molecule has 1 amide bonds. The number of halogens is 1. The molecular weight excluding hydrogens is 273 g/mol. The minimum Gasteiger partial charge on any atom is -0.338 e. The summed E-state index contributed by atoms with van der Waals surface area (Å²) in [6.07, 6.45) is 0. The number of nitrogens with zero attached hydrogens (tertiary/aromatic N) is 1. The van der Waals surface area contributed by atoms with Crippen LogP contribution in [-0.2, 0) is 4.79 Å². The van der Waals surface area contributed by atoms with Crippen LogP contribution in [0, 0.1) is 12.7 Å². The predicted octanol–water partition coefficient (Wildman–Crippen LogP) is 2.80. The minimum absolute atomic E-state index is 0.269. The number of hydrogen-bond donors (Lipinski definition) is 2. The lowest BCUT2D eigenvalue weighted by Gasteiger charge is -2.19. The molecule has 2 N–H and O–H groups in total. The molecule has 0 aliphatic carbocycles. The van der Waals surface area contributed by atoms with E-state index >= 15 is 0 Å². The number of aryl methyl sites for hydroxylation is 1. The van der Waals surface area contributed by atoms with Gasteiger partial charge in [0.15, 0.2) is 0 Å². The molecule has 5 nitrogen and oxygen atoms in total. The lowest BCUT2D eigenvalue weighted by atomic mass is 10.1. The van der Waals surface area contributed by atoms with Crippen LogP contribution in [0.25, 0.3) is 0 Å². The monoisotopic (exact) mass is 291 g/mol. The van der Waals surface area contributed by atoms with Crippen molar-refractivity contribution in [2.75, 3.05) is 5.32 Å². The van der Waals surface area contributed by atoms with Crippen molar-refractivity contribution >= 4 is 11.8 Å². The normalized spacial score (nSPS) is 13.7. The Kier molecular flexibility index (Phi) is 4.70. The quantitative estimate of drug-likeness (QED) is 0.889. The summed E-state index contributed by atoms with van der Waals surface area (Å²) in [5.41, 5.74) is 1.21. The van der Waals surface area contributed by atoms with Gasteiger partial charge in [-0.05, 0) is 26.8 Å². The molecule has 0 aliphatic rings. The Bertz CT molecular complexity index is 627. The van der Waals surface area contributed by atoms with Gasteiger partial charge in [-0.3, -0.25) is 15.4 Å². The van der Waals surface area contributed by atoms with Crippen LogP contribution in [0.5, 0.6) is 0 Å². The van der Waals surface area contributed by atoms with E-state index in [4.69, 9.17) is 4.52 Å². The van der Waals surface area contributed by atoms with Crippen molar-refractivity contribution < 1.29 is 13.7 Å². The van der Waals surface area contributed by atoms with Crippen LogP contribution in [0.1, 0.15) is 31.1 Å². The summed E-state index contributed by atoms with van der Waals surface area (Å²) in [5.74, 6) is -0.269. The van der Waals surface area contributed by atoms with Crippen LogP contribution >= 0.6 is 0 Å². The summed E-state index contributed by atoms with van der Waals surface area (Å²) in [7, 11) is 0. The Balaban J connectivity index is 1.96. The second-order valence-electron chi connectivity index (χ2n) is 4.95. The number of rotatable bonds is 5. The van der Waals surface area contributed by atoms with Crippen LogP contribution in [0.4, 0.5) is 10.3 Å². The fraction of sp³-hybridized carbons (Fsp3) is 0.333. The Hall–Kier alpha value is -2.21. The molecule has 1 aromatic heterocycles. The first-order valence-corrected chi connectivity index (χ1v) is 6.72. The molecule has 0 fully saturated rings. The van der Waals surface area contributed by atoms with Gasteiger partial charge in [-0.25, -0.2) is 4.39 Å². The molecule has 2 rings (SSSR count). The van der Waals surface area contributed by atoms with Gasteiger partial charge in [0, 0.05) is 17.7 Å². The highest BCUT2D eigenvalue weighted by Crippen LogP contribution is 2.17. The number of anilines is 1. The van der Waals surface area contributed by atoms with E-state index in [-0.39, 0.29) is 17.8 Å². The summed E-state index contributed by atoms with van der Waals surface area (Å²) >= 11 is 0. The first-order chi connectivity index (χ1) is 9.97. The molecule has 0 unspecified atom stereocenters. The second kappa shape index (κ2) is 6.49. The van der Waals surface area contributed by atoms with E-state index in [1.54, 1.807) is 45.0 Å². The van der Waals surface area contributed by atoms with Gasteiger partial charge in [0.2, 0.25) is 11.8 Å². The zero-order chi connectivity index (χ0) is 15.4. The van der Waals surface area contributed by atoms with Crippen molar-refractivity contribution in [2.45, 2.75) is 32.9 Å². The second-order valence-corrected chi connectivity index (χ2v) is 4.95. The number of aromatic nitrogens is 1. The van der Waals surface area contributed by atoms with Crippen molar-refractivity contribution in [3.05, 3.63) is 47.4 Å². The summed E-state index contributed by atoms with van der Waals surface area (Å²) in [5, 5.41) is 9.35. The summed E-state index contributed by atoms with van der Waals surface area (Å²) in [4.78, 5) is 12.0. The molecule has 0 radical (unpaired) electrons. The molecule has 0 saturated carbocycles. The molecule has 21 heavy (non-hydrogen) atoms. The smallest absolute Gasteiger partial charge is 0.243 e. The highest BCUT2D eigenvalue weighted by Gasteiger charge is 2.19. The van der Waals surface area contributed by atoms with Gasteiger partial charge in [0.25, 0.3) is 0 Å². The summed E-state index contributed by atoms with van der Waals surface area (Å²) in [6, 6.07) is 7.32. The van der Waals surface area contributed by atoms with Crippen molar-refractivity contribution in [1.29, 1.82) is 0 Å². The summed E-state index contributed by atoms with van der Waals surface area (Å²) in [6.45, 7) is 5.28. The fourth-order valence-corrected chi connectivity index (χ4v) is 2.02. The van der Waals surface area contributed by atoms with Gasteiger partial charge in [0.1, 0.15) is 5.82 Å². The molecule has 0 spiro atoms. The molecule has 112 valence electrons. The Morgan fingerprint density at radius 3 is 2.67 bits per heavy atom. The van der Waals surface area contributed by atoms with Gasteiger partial charge < -0.3 is 4.52 Å². The molecule has 0 saturated heterocycles. The molecule has 1 aromatic carbocycles. The highest BCUT2D eigenvalue weighted by atomic mass is 19.1. The number of carbonyl (C=O) groups excluding carboxylic acids is 1. The van der Waals surface area contributed by atoms with E-state index in [1.807, 2.05) is 0 Å². The Morgan fingerprint density at radius 1 is 1.33 bits per heavy atom. The standard InChI is InChI=1S/C15H18FN3O2/c1-9-8-14(21-19-9)18-15(20)11(3)17-10(2)12-6-4-5-7-13(12)16/h4-8,10-11,17H,1-3H3,(H,18,20)/t10-,11-/m1/s1. The van der Waals surface area contributed by atoms with Crippen LogP contribution in [0.3, 0.4) is 0 Å². The van der Waals surface area contributed by atoms with Crippen LogP contribution in [-0.4, -0.2) is 17.1 Å². The molecule has 6 heteroatoms. The molecular formula is C15H18FN3O2. The topological polar surface area (TPSA) is 67.2 Å². The van der Waals surface area contributed by atoms with Crippen molar-refractivity contribution in [3.63, 3.8) is 0 Å². The zero-order valence-electron chi connectivity index (χ0n) is 12.2. The third kappa shape index (κ3) is 3.88. The van der Waals surface area contributed by atoms with Crippen molar-refractivity contribution in [3.8, 4) is 0 Å². The van der Waals surface area contributed by atoms with Crippen LogP contribution in [0.15, 0.2) is 34.9 Å². The first kappa shape index (κ1) is 15.2. The number of benzene rings is 1. The number of carbonyl (C=O) groups is 1. The molecule has 0 bridgehead atoms. The Morgan fingerprint density at radius 2 is 2.05 bits per heavy atom. The average Bonchev–Trinajstić information content (AvgIpc) is 2.84. The minimum atomic E-state index is -0.509. The van der Waals surface area contributed by atoms with Crippen molar-refractivity contribution in [2.24, 2.45) is 0 Å². The SMILES string of the molecule is Cc1cc(NC(=O)[C@@H](C)N[C@H](C)c2ccccc2F)on1. The van der Waals surface area contributed by atoms with Gasteiger partial charge in [0.05, 0.1) is 11.7 Å². The van der Waals surface area contributed by atoms with Crippen LogP contribution < -0.4 is 10.6 Å². The van der Waals surface area contributed by atoms with Gasteiger partial charge in [-0.1, -0.05) is 23.4 Å². The third-order valence-electron chi connectivity index (χ3n) is 3.14. The third-order valence-corrected chi connectivity index (χ3v) is 3.14. The summed E-state index contributed by atoms with van der Waals surface area (Å²) < 4.78 is 18.6. The van der Waals surface area contributed by atoms with Crippen LogP contribution in [0.2, 0.25) is 0 Å². The maximum absolute atomic E-state index is 13.7. The predicted molar refractivity (Wildman–Crippen MR) is 77.3 cm³/mol. The lowest BCUT2D eigenvalue weighted by Crippen LogP contribution is -2.39. The lowest BCUT2D eigenvalue weighted by molar-refractivity contribution is -0.118. The molecule has 0 aliphatic heterocycles. The van der Waals surface area contributed by atoms with E-state index in [0.29, 0.717) is 17.1 Å². The number of hydrogen-bond acceptors (Lipinski definition) is 4. The van der Waals surface area contributed by atoms with E-state index in [2.05, 4.69) is 15.8 Å². The van der Waals surface area contributed by atoms with Gasteiger partial charge >= 0.3 is 0 Å². The van der Waals surface area contributed by atoms with Gasteiger partial charge in [-0.2, -0.15) is 0 Å². The van der Waals surface area contributed by atoms with Gasteiger partial charge in [-0.15, -0.1) is 0 Å². The van der Waals surface area contributed by atoms with E-state index in [0.717, 1.165) is 0 Å². The average molecular weight is 291 g/mol. The number of amides is 1. The first-order valence-electron chi connectivity index (χ1n) is 6.72. The molecule has 2 aromatic rings. The van der Waals surface area contributed by atoms with E-state index in [9.17, 15) is 9.18 Å². The van der Waals surface area contributed by atoms with Crippen molar-refractivity contribution in [1.82, 2.24) is 10.5 Å². The fourth-order valence-electron chi connectivity index (χ4n) is 2.02. The largest absolute Gasteiger partial charge is 0.338 e. The van der Waals surface area contributed by atoms with E-state index < -0.39 is 6.04 Å². The maximum atomic E-state index is 13.7. The zero-order valence-corrected chi connectivity index (χ0v) is 12.2. The Labute approximate surface area is 122 Å². The molecule has 1 heterocycles. The van der Waals surface area contributed by atoms with E-state index in [1.165, 1.54) is 6.07 Å². The maximum Gasteiger partial charge on any atom is 0.243 e. The molecule has 2 atom stereocenters.